The Morgan fingerprint density at radius 2 is 1.88 bits per heavy atom. The zero-order valence-corrected chi connectivity index (χ0v) is 15.1. The number of hydrogen-bond acceptors (Lipinski definition) is 4. The molecule has 6 heteroatoms. The summed E-state index contributed by atoms with van der Waals surface area (Å²) in [6, 6.07) is 12.7. The second-order valence-corrected chi connectivity index (χ2v) is 6.00. The van der Waals surface area contributed by atoms with Gasteiger partial charge in [0.25, 0.3) is 0 Å². The molecular weight excluding hydrogens is 328 g/mol. The molecule has 0 N–H and O–H groups in total. The molecule has 2 amide bonds. The fraction of sp³-hybridized carbons (Fsp3) is 0.300. The van der Waals surface area contributed by atoms with E-state index in [0.29, 0.717) is 17.8 Å². The van der Waals surface area contributed by atoms with Crippen LogP contribution in [0.3, 0.4) is 0 Å². The zero-order valence-electron chi connectivity index (χ0n) is 15.1. The molecule has 0 atom stereocenters. The number of pyridine rings is 1. The summed E-state index contributed by atoms with van der Waals surface area (Å²) in [4.78, 5) is 31.5. The van der Waals surface area contributed by atoms with Crippen molar-refractivity contribution in [3.8, 4) is 6.07 Å². The van der Waals surface area contributed by atoms with Crippen molar-refractivity contribution in [1.82, 2.24) is 9.88 Å². The third-order valence-corrected chi connectivity index (χ3v) is 4.13. The fourth-order valence-corrected chi connectivity index (χ4v) is 2.58. The molecule has 1 aromatic heterocycles. The molecule has 134 valence electrons. The number of aromatic nitrogens is 1. The van der Waals surface area contributed by atoms with Crippen molar-refractivity contribution in [2.24, 2.45) is 0 Å². The molecule has 0 aliphatic heterocycles. The summed E-state index contributed by atoms with van der Waals surface area (Å²) < 4.78 is 0. The number of nitrogens with zero attached hydrogens (tertiary/aromatic N) is 4. The maximum absolute atomic E-state index is 12.4. The Kier molecular flexibility index (Phi) is 6.86. The van der Waals surface area contributed by atoms with E-state index in [1.807, 2.05) is 12.1 Å². The molecular formula is C20H22N4O2. The molecule has 0 aliphatic carbocycles. The van der Waals surface area contributed by atoms with Crippen LogP contribution in [0.5, 0.6) is 0 Å². The number of carbonyl (C=O) groups excluding carboxylic acids is 2. The van der Waals surface area contributed by atoms with Crippen LogP contribution in [-0.4, -0.2) is 41.8 Å². The number of hydrogen-bond donors (Lipinski definition) is 0. The van der Waals surface area contributed by atoms with Crippen molar-refractivity contribution in [3.63, 3.8) is 0 Å². The fourth-order valence-electron chi connectivity index (χ4n) is 2.58. The van der Waals surface area contributed by atoms with Crippen LogP contribution in [0.15, 0.2) is 48.8 Å². The van der Waals surface area contributed by atoms with E-state index in [1.165, 1.54) is 11.8 Å². The summed E-state index contributed by atoms with van der Waals surface area (Å²) in [6.45, 7) is 2.34. The molecule has 6 nitrogen and oxygen atoms in total. The largest absolute Gasteiger partial charge is 0.345 e. The lowest BCUT2D eigenvalue weighted by atomic mass is 10.2. The lowest BCUT2D eigenvalue weighted by molar-refractivity contribution is -0.129. The summed E-state index contributed by atoms with van der Waals surface area (Å²) in [5.74, 6) is -0.186. The second-order valence-electron chi connectivity index (χ2n) is 6.00. The Bertz CT molecular complexity index is 799. The van der Waals surface area contributed by atoms with Gasteiger partial charge in [-0.25, -0.2) is 0 Å². The molecule has 0 spiro atoms. The van der Waals surface area contributed by atoms with Crippen LogP contribution < -0.4 is 4.90 Å². The minimum atomic E-state index is -0.160. The minimum absolute atomic E-state index is 0.0262. The van der Waals surface area contributed by atoms with Crippen molar-refractivity contribution in [1.29, 1.82) is 5.26 Å². The molecule has 26 heavy (non-hydrogen) atoms. The van der Waals surface area contributed by atoms with Gasteiger partial charge in [0.05, 0.1) is 11.6 Å². The third-order valence-electron chi connectivity index (χ3n) is 4.13. The number of rotatable bonds is 7. The predicted molar refractivity (Wildman–Crippen MR) is 99.4 cm³/mol. The van der Waals surface area contributed by atoms with E-state index in [9.17, 15) is 9.59 Å². The second kappa shape index (κ2) is 9.33. The SMILES string of the molecule is CC(=O)N(CCC(=O)N(C)CCc1ccncc1)c1cccc(C#N)c1. The molecule has 2 aromatic rings. The monoisotopic (exact) mass is 350 g/mol. The Morgan fingerprint density at radius 1 is 1.15 bits per heavy atom. The van der Waals surface area contributed by atoms with Crippen molar-refractivity contribution in [2.45, 2.75) is 19.8 Å². The molecule has 1 aromatic carbocycles. The Hall–Kier alpha value is -3.20. The van der Waals surface area contributed by atoms with Crippen LogP contribution in [0.1, 0.15) is 24.5 Å². The van der Waals surface area contributed by atoms with Gasteiger partial charge in [-0.15, -0.1) is 0 Å². The molecule has 0 unspecified atom stereocenters. The first-order valence-corrected chi connectivity index (χ1v) is 8.42. The maximum atomic E-state index is 12.4. The van der Waals surface area contributed by atoms with Gasteiger partial charge in [0.2, 0.25) is 11.8 Å². The van der Waals surface area contributed by atoms with Gasteiger partial charge in [-0.3, -0.25) is 14.6 Å². The number of carbonyl (C=O) groups is 2. The van der Waals surface area contributed by atoms with Crippen LogP contribution in [0, 0.1) is 11.3 Å². The van der Waals surface area contributed by atoms with Crippen molar-refractivity contribution < 1.29 is 9.59 Å². The normalized spacial score (nSPS) is 10.0. The topological polar surface area (TPSA) is 77.3 Å². The Morgan fingerprint density at radius 3 is 2.54 bits per heavy atom. The Balaban J connectivity index is 1.92. The van der Waals surface area contributed by atoms with E-state index in [-0.39, 0.29) is 24.8 Å². The smallest absolute Gasteiger partial charge is 0.224 e. The summed E-state index contributed by atoms with van der Waals surface area (Å²) in [5, 5.41) is 9.01. The van der Waals surface area contributed by atoms with Gasteiger partial charge in [-0.1, -0.05) is 6.07 Å². The van der Waals surface area contributed by atoms with E-state index in [1.54, 1.807) is 48.6 Å². The van der Waals surface area contributed by atoms with Crippen molar-refractivity contribution in [2.75, 3.05) is 25.0 Å². The zero-order chi connectivity index (χ0) is 18.9. The molecule has 0 radical (unpaired) electrons. The van der Waals surface area contributed by atoms with Crippen LogP contribution >= 0.6 is 0 Å². The lowest BCUT2D eigenvalue weighted by Crippen LogP contribution is -2.35. The Labute approximate surface area is 153 Å². The van der Waals surface area contributed by atoms with Gasteiger partial charge in [-0.05, 0) is 42.3 Å². The number of nitriles is 1. The van der Waals surface area contributed by atoms with Gasteiger partial charge >= 0.3 is 0 Å². The number of likely N-dealkylation sites (N-methyl/N-ethyl adjacent to an activating group) is 1. The highest BCUT2D eigenvalue weighted by Crippen LogP contribution is 2.17. The average Bonchev–Trinajstić information content (AvgIpc) is 2.66. The van der Waals surface area contributed by atoms with Crippen molar-refractivity contribution >= 4 is 17.5 Å². The molecule has 0 aliphatic rings. The van der Waals surface area contributed by atoms with Crippen LogP contribution in [-0.2, 0) is 16.0 Å². The molecule has 0 saturated carbocycles. The van der Waals surface area contributed by atoms with Gasteiger partial charge < -0.3 is 9.80 Å². The van der Waals surface area contributed by atoms with Gasteiger partial charge in [0.15, 0.2) is 0 Å². The van der Waals surface area contributed by atoms with Gasteiger partial charge in [-0.2, -0.15) is 5.26 Å². The number of amides is 2. The van der Waals surface area contributed by atoms with Crippen molar-refractivity contribution in [3.05, 3.63) is 59.9 Å². The quantitative estimate of drug-likeness (QED) is 0.768. The van der Waals surface area contributed by atoms with E-state index >= 15 is 0 Å². The van der Waals surface area contributed by atoms with Gasteiger partial charge in [0.1, 0.15) is 0 Å². The summed E-state index contributed by atoms with van der Waals surface area (Å²) in [5.41, 5.74) is 2.23. The first-order chi connectivity index (χ1) is 12.5. The third kappa shape index (κ3) is 5.42. The van der Waals surface area contributed by atoms with E-state index in [2.05, 4.69) is 11.1 Å². The predicted octanol–water partition coefficient (Wildman–Crippen LogP) is 2.40. The van der Waals surface area contributed by atoms with Gasteiger partial charge in [0, 0.05) is 51.6 Å². The highest BCUT2D eigenvalue weighted by molar-refractivity contribution is 5.92. The van der Waals surface area contributed by atoms with Crippen LogP contribution in [0.2, 0.25) is 0 Å². The summed E-state index contributed by atoms with van der Waals surface area (Å²) in [6.07, 6.45) is 4.45. The molecule has 0 fully saturated rings. The van der Waals surface area contributed by atoms with Crippen LogP contribution in [0.25, 0.3) is 0 Å². The van der Waals surface area contributed by atoms with Crippen LogP contribution in [0.4, 0.5) is 5.69 Å². The lowest BCUT2D eigenvalue weighted by Gasteiger charge is -2.23. The molecule has 1 heterocycles. The standard InChI is InChI=1S/C20H22N4O2/c1-16(25)24(19-5-3-4-18(14-19)15-21)13-9-20(26)23(2)12-8-17-6-10-22-11-7-17/h3-7,10-11,14H,8-9,12-13H2,1-2H3. The summed E-state index contributed by atoms with van der Waals surface area (Å²) in [7, 11) is 1.76. The van der Waals surface area contributed by atoms with E-state index in [4.69, 9.17) is 5.26 Å². The maximum Gasteiger partial charge on any atom is 0.224 e. The molecule has 0 saturated heterocycles. The summed E-state index contributed by atoms with van der Waals surface area (Å²) >= 11 is 0. The number of anilines is 1. The molecule has 0 bridgehead atoms. The van der Waals surface area contributed by atoms with E-state index in [0.717, 1.165) is 12.0 Å². The average molecular weight is 350 g/mol. The highest BCUT2D eigenvalue weighted by Gasteiger charge is 2.16. The molecule has 2 rings (SSSR count). The first-order valence-electron chi connectivity index (χ1n) is 8.42. The minimum Gasteiger partial charge on any atom is -0.345 e. The highest BCUT2D eigenvalue weighted by atomic mass is 16.2. The first kappa shape index (κ1) is 19.1. The number of benzene rings is 1. The van der Waals surface area contributed by atoms with E-state index < -0.39 is 0 Å².